The molecule has 7 nitrogen and oxygen atoms in total. The number of thiocarbonyl (C=S) groups is 1. The number of nitrogens with zero attached hydrogens (tertiary/aromatic N) is 2. The highest BCUT2D eigenvalue weighted by atomic mass is 32.1. The number of nitrogens with one attached hydrogen (secondary N) is 1. The molecule has 182 valence electrons. The predicted octanol–water partition coefficient (Wildman–Crippen LogP) is 5.31. The van der Waals surface area contributed by atoms with Crippen molar-refractivity contribution in [2.75, 3.05) is 14.2 Å². The average Bonchev–Trinajstić information content (AvgIpc) is 3.54. The Morgan fingerprint density at radius 1 is 1.06 bits per heavy atom. The molecule has 36 heavy (non-hydrogen) atoms. The van der Waals surface area contributed by atoms with E-state index >= 15 is 0 Å². The number of pyridine rings is 1. The third-order valence-corrected chi connectivity index (χ3v) is 6.55. The van der Waals surface area contributed by atoms with Crippen LogP contribution in [0.15, 0.2) is 89.5 Å². The first-order valence-electron chi connectivity index (χ1n) is 11.5. The van der Waals surface area contributed by atoms with Gasteiger partial charge < -0.3 is 24.1 Å². The molecule has 2 atom stereocenters. The van der Waals surface area contributed by atoms with Gasteiger partial charge >= 0.3 is 5.97 Å². The van der Waals surface area contributed by atoms with Crippen LogP contribution in [-0.4, -0.2) is 35.2 Å². The normalized spacial score (nSPS) is 17.1. The number of esters is 1. The molecular weight excluding hydrogens is 474 g/mol. The van der Waals surface area contributed by atoms with Crippen molar-refractivity contribution in [1.82, 2.24) is 15.2 Å². The quantitative estimate of drug-likeness (QED) is 0.271. The molecule has 0 radical (unpaired) electrons. The molecule has 2 aromatic heterocycles. The van der Waals surface area contributed by atoms with Gasteiger partial charge in [0.05, 0.1) is 31.5 Å². The summed E-state index contributed by atoms with van der Waals surface area (Å²) < 4.78 is 16.5. The van der Waals surface area contributed by atoms with Gasteiger partial charge in [-0.05, 0) is 66.3 Å². The minimum Gasteiger partial charge on any atom is -0.497 e. The van der Waals surface area contributed by atoms with Gasteiger partial charge in [-0.2, -0.15) is 0 Å². The molecule has 0 aliphatic carbocycles. The van der Waals surface area contributed by atoms with Gasteiger partial charge in [-0.1, -0.05) is 30.3 Å². The molecule has 1 aliphatic rings. The molecular formula is C28H25N3O4S. The molecule has 0 spiro atoms. The topological polar surface area (TPSA) is 76.8 Å². The fraction of sp³-hybridized carbons (Fsp3) is 0.179. The molecule has 1 fully saturated rings. The SMILES string of the molecule is COC(=O)c1cccc(-c2ccc([C@@H]3[C@@H](c4ccccn4)NC(=S)N3Cc3ccc(OC)cc3)o2)c1. The van der Waals surface area contributed by atoms with Gasteiger partial charge in [-0.3, -0.25) is 4.98 Å². The summed E-state index contributed by atoms with van der Waals surface area (Å²) in [5, 5.41) is 4.06. The van der Waals surface area contributed by atoms with Gasteiger partial charge in [0.2, 0.25) is 0 Å². The maximum Gasteiger partial charge on any atom is 0.337 e. The van der Waals surface area contributed by atoms with E-state index in [1.54, 1.807) is 25.4 Å². The first-order chi connectivity index (χ1) is 17.6. The Bertz CT molecular complexity index is 1370. The van der Waals surface area contributed by atoms with E-state index in [0.29, 0.717) is 23.0 Å². The average molecular weight is 500 g/mol. The lowest BCUT2D eigenvalue weighted by molar-refractivity contribution is 0.0601. The number of benzene rings is 2. The second kappa shape index (κ2) is 10.2. The monoisotopic (exact) mass is 499 g/mol. The van der Waals surface area contributed by atoms with Crippen molar-refractivity contribution in [1.29, 1.82) is 0 Å². The highest BCUT2D eigenvalue weighted by Gasteiger charge is 2.41. The zero-order chi connectivity index (χ0) is 25.1. The fourth-order valence-corrected chi connectivity index (χ4v) is 4.70. The number of rotatable bonds is 7. The Morgan fingerprint density at radius 2 is 1.89 bits per heavy atom. The maximum absolute atomic E-state index is 12.0. The van der Waals surface area contributed by atoms with Crippen LogP contribution in [0, 0.1) is 0 Å². The van der Waals surface area contributed by atoms with Crippen molar-refractivity contribution in [3.05, 3.63) is 108 Å². The number of carbonyl (C=O) groups excluding carboxylic acids is 1. The van der Waals surface area contributed by atoms with E-state index in [1.165, 1.54) is 7.11 Å². The lowest BCUT2D eigenvalue weighted by atomic mass is 10.0. The van der Waals surface area contributed by atoms with E-state index in [1.807, 2.05) is 66.7 Å². The Kier molecular flexibility index (Phi) is 6.69. The molecule has 4 aromatic rings. The zero-order valence-electron chi connectivity index (χ0n) is 19.9. The molecule has 1 N–H and O–H groups in total. The fourth-order valence-electron chi connectivity index (χ4n) is 4.40. The molecule has 5 rings (SSSR count). The first kappa shape index (κ1) is 23.6. The van der Waals surface area contributed by atoms with E-state index in [4.69, 9.17) is 26.1 Å². The Morgan fingerprint density at radius 3 is 2.61 bits per heavy atom. The number of methoxy groups -OCH3 is 2. The van der Waals surface area contributed by atoms with Crippen molar-refractivity contribution >= 4 is 23.3 Å². The Labute approximate surface area is 214 Å². The summed E-state index contributed by atoms with van der Waals surface area (Å²) in [6.07, 6.45) is 1.77. The number of carbonyl (C=O) groups is 1. The van der Waals surface area contributed by atoms with Crippen molar-refractivity contribution in [3.63, 3.8) is 0 Å². The highest BCUT2D eigenvalue weighted by Crippen LogP contribution is 2.41. The molecule has 0 saturated carbocycles. The maximum atomic E-state index is 12.0. The van der Waals surface area contributed by atoms with Crippen LogP contribution in [-0.2, 0) is 11.3 Å². The Balaban J connectivity index is 1.51. The molecule has 3 heterocycles. The van der Waals surface area contributed by atoms with Crippen molar-refractivity contribution in [2.24, 2.45) is 0 Å². The number of hydrogen-bond donors (Lipinski definition) is 1. The van der Waals surface area contributed by atoms with Crippen LogP contribution in [0.3, 0.4) is 0 Å². The van der Waals surface area contributed by atoms with E-state index in [-0.39, 0.29) is 12.1 Å². The van der Waals surface area contributed by atoms with Gasteiger partial charge in [0, 0.05) is 18.3 Å². The third-order valence-electron chi connectivity index (χ3n) is 6.20. The minimum absolute atomic E-state index is 0.197. The summed E-state index contributed by atoms with van der Waals surface area (Å²) in [6, 6.07) is 24.4. The predicted molar refractivity (Wildman–Crippen MR) is 139 cm³/mol. The number of ether oxygens (including phenoxy) is 2. The highest BCUT2D eigenvalue weighted by molar-refractivity contribution is 7.80. The smallest absolute Gasteiger partial charge is 0.337 e. The van der Waals surface area contributed by atoms with E-state index in [2.05, 4.69) is 15.2 Å². The van der Waals surface area contributed by atoms with Crippen molar-refractivity contribution in [2.45, 2.75) is 18.6 Å². The largest absolute Gasteiger partial charge is 0.497 e. The van der Waals surface area contributed by atoms with Crippen LogP contribution in [0.25, 0.3) is 11.3 Å². The molecule has 2 aromatic carbocycles. The summed E-state index contributed by atoms with van der Waals surface area (Å²) in [6.45, 7) is 0.581. The summed E-state index contributed by atoms with van der Waals surface area (Å²) in [5.74, 6) is 1.80. The molecule has 0 bridgehead atoms. The van der Waals surface area contributed by atoms with Crippen LogP contribution >= 0.6 is 12.2 Å². The van der Waals surface area contributed by atoms with Crippen molar-refractivity contribution in [3.8, 4) is 17.1 Å². The van der Waals surface area contributed by atoms with E-state index in [9.17, 15) is 4.79 Å². The molecule has 1 saturated heterocycles. The number of furan rings is 1. The molecule has 0 unspecified atom stereocenters. The van der Waals surface area contributed by atoms with Crippen LogP contribution in [0.4, 0.5) is 0 Å². The van der Waals surface area contributed by atoms with Crippen LogP contribution in [0.2, 0.25) is 0 Å². The second-order valence-electron chi connectivity index (χ2n) is 8.38. The van der Waals surface area contributed by atoms with Gasteiger partial charge in [-0.25, -0.2) is 4.79 Å². The summed E-state index contributed by atoms with van der Waals surface area (Å²) in [5.41, 5.74) is 3.20. The summed E-state index contributed by atoms with van der Waals surface area (Å²) in [4.78, 5) is 18.7. The van der Waals surface area contributed by atoms with Gasteiger partial charge in [0.15, 0.2) is 5.11 Å². The molecule has 0 amide bonds. The second-order valence-corrected chi connectivity index (χ2v) is 8.76. The van der Waals surface area contributed by atoms with Crippen molar-refractivity contribution < 1.29 is 18.7 Å². The lowest BCUT2D eigenvalue weighted by Gasteiger charge is -2.26. The van der Waals surface area contributed by atoms with Gasteiger partial charge in [-0.15, -0.1) is 0 Å². The van der Waals surface area contributed by atoms with E-state index in [0.717, 1.165) is 28.3 Å². The zero-order valence-corrected chi connectivity index (χ0v) is 20.7. The van der Waals surface area contributed by atoms with Gasteiger partial charge in [0.25, 0.3) is 0 Å². The molecule has 8 heteroatoms. The Hall–Kier alpha value is -4.17. The van der Waals surface area contributed by atoms with Crippen LogP contribution < -0.4 is 10.1 Å². The number of aromatic nitrogens is 1. The van der Waals surface area contributed by atoms with Gasteiger partial charge in [0.1, 0.15) is 23.3 Å². The third kappa shape index (κ3) is 4.67. The van der Waals surface area contributed by atoms with E-state index < -0.39 is 5.97 Å². The summed E-state index contributed by atoms with van der Waals surface area (Å²) >= 11 is 5.77. The standard InChI is InChI=1S/C28H25N3O4S/c1-33-21-11-9-18(10-12-21)17-31-26(25(30-28(31)36)22-8-3-4-15-29-22)24-14-13-23(35-24)19-6-5-7-20(16-19)27(32)34-2/h3-16,25-26H,17H2,1-2H3,(H,30,36)/t25-,26-/m1/s1. The van der Waals surface area contributed by atoms with Crippen LogP contribution in [0.5, 0.6) is 5.75 Å². The first-order valence-corrected chi connectivity index (χ1v) is 11.9. The molecule has 1 aliphatic heterocycles. The minimum atomic E-state index is -0.394. The lowest BCUT2D eigenvalue weighted by Crippen LogP contribution is -2.29. The van der Waals surface area contributed by atoms with Crippen LogP contribution in [0.1, 0.15) is 39.5 Å². The number of hydrogen-bond acceptors (Lipinski definition) is 6. The summed E-state index contributed by atoms with van der Waals surface area (Å²) in [7, 11) is 3.02.